The summed E-state index contributed by atoms with van der Waals surface area (Å²) in [5.74, 6) is -3.50. The zero-order chi connectivity index (χ0) is 21.2. The summed E-state index contributed by atoms with van der Waals surface area (Å²) in [5, 5.41) is 20.5. The Hall–Kier alpha value is -3.01. The summed E-state index contributed by atoms with van der Waals surface area (Å²) < 4.78 is 21.3. The Labute approximate surface area is 159 Å². The zero-order valence-electron chi connectivity index (χ0n) is 15.2. The van der Waals surface area contributed by atoms with Gasteiger partial charge in [-0.3, -0.25) is 19.1 Å². The van der Waals surface area contributed by atoms with Crippen LogP contribution in [0.5, 0.6) is 17.2 Å². The van der Waals surface area contributed by atoms with Crippen LogP contribution in [0.4, 0.5) is 0 Å². The largest absolute Gasteiger partial charge is 0.524 e. The summed E-state index contributed by atoms with van der Waals surface area (Å²) in [6, 6.07) is 4.92. The van der Waals surface area contributed by atoms with Crippen molar-refractivity contribution in [1.82, 2.24) is 9.47 Å². The van der Waals surface area contributed by atoms with Crippen molar-refractivity contribution in [3.8, 4) is 22.9 Å². The number of ether oxygens (including phenoxy) is 1. The van der Waals surface area contributed by atoms with Gasteiger partial charge in [0.25, 0.3) is 5.91 Å². The van der Waals surface area contributed by atoms with Crippen molar-refractivity contribution in [3.63, 3.8) is 0 Å². The van der Waals surface area contributed by atoms with Crippen LogP contribution in [-0.2, 0) is 9.30 Å². The Morgan fingerprint density at radius 3 is 2.07 bits per heavy atom. The second-order valence-electron chi connectivity index (χ2n) is 5.73. The zero-order valence-corrected chi connectivity index (χ0v) is 16.1. The number of hydrogen-bond donors (Lipinski definition) is 4. The molecule has 0 aliphatic rings. The number of aromatic nitrogens is 1. The van der Waals surface area contributed by atoms with Crippen LogP contribution in [0.15, 0.2) is 24.3 Å². The van der Waals surface area contributed by atoms with E-state index in [0.717, 1.165) is 9.47 Å². The molecule has 0 aliphatic heterocycles. The lowest BCUT2D eigenvalue weighted by molar-refractivity contribution is 0.0513. The summed E-state index contributed by atoms with van der Waals surface area (Å²) in [4.78, 5) is 43.7. The molecule has 28 heavy (non-hydrogen) atoms. The third-order valence-electron chi connectivity index (χ3n) is 3.52. The first-order chi connectivity index (χ1) is 13.0. The molecule has 2 rings (SSSR count). The van der Waals surface area contributed by atoms with E-state index in [1.54, 1.807) is 6.92 Å². The molecule has 1 aromatic heterocycles. The van der Waals surface area contributed by atoms with E-state index in [9.17, 15) is 24.4 Å². The maximum absolute atomic E-state index is 12.5. The lowest BCUT2D eigenvalue weighted by Crippen LogP contribution is -2.25. The highest BCUT2D eigenvalue weighted by atomic mass is 31.2. The van der Waals surface area contributed by atoms with Crippen molar-refractivity contribution in [1.29, 1.82) is 0 Å². The summed E-state index contributed by atoms with van der Waals surface area (Å²) >= 11 is 0. The van der Waals surface area contributed by atoms with Crippen molar-refractivity contribution in [2.45, 2.75) is 6.92 Å². The van der Waals surface area contributed by atoms with Gasteiger partial charge in [-0.2, -0.15) is 0 Å². The average Bonchev–Trinajstić information content (AvgIpc) is 2.85. The summed E-state index contributed by atoms with van der Waals surface area (Å²) in [7, 11) is -1.94. The third kappa shape index (κ3) is 4.28. The lowest BCUT2D eigenvalue weighted by Gasteiger charge is -2.16. The van der Waals surface area contributed by atoms with E-state index >= 15 is 0 Å². The van der Waals surface area contributed by atoms with Gasteiger partial charge in [-0.15, -0.1) is 0 Å². The van der Waals surface area contributed by atoms with Crippen molar-refractivity contribution < 1.29 is 43.4 Å². The van der Waals surface area contributed by atoms with Gasteiger partial charge in [0.2, 0.25) is 0 Å². The van der Waals surface area contributed by atoms with Gasteiger partial charge in [0, 0.05) is 19.8 Å². The fourth-order valence-electron chi connectivity index (χ4n) is 2.40. The molecule has 152 valence electrons. The molecule has 0 spiro atoms. The number of phosphoric ester groups is 1. The van der Waals surface area contributed by atoms with E-state index in [4.69, 9.17) is 14.5 Å². The number of rotatable bonds is 6. The summed E-state index contributed by atoms with van der Waals surface area (Å²) in [6.07, 6.45) is 0. The molecule has 4 N–H and O–H groups in total. The van der Waals surface area contributed by atoms with Crippen molar-refractivity contribution in [3.05, 3.63) is 35.7 Å². The number of esters is 1. The Balaban J connectivity index is 2.69. The Morgan fingerprint density at radius 1 is 1.07 bits per heavy atom. The van der Waals surface area contributed by atoms with E-state index in [1.165, 1.54) is 38.4 Å². The molecule has 1 aromatic carbocycles. The van der Waals surface area contributed by atoms with Gasteiger partial charge in [-0.05, 0) is 31.2 Å². The molecule has 1 amide bonds. The standard InChI is InChI=1S/C16H19N2O9P/c1-4-26-16(22)12-14(20)13(19)11(15(21)17(2)3)18(12)9-5-7-10(8-6-9)27-28(23,24)25/h5-8,19-20H,4H2,1-3H3,(H2,23,24,25). The first-order valence-electron chi connectivity index (χ1n) is 7.88. The molecule has 11 nitrogen and oxygen atoms in total. The van der Waals surface area contributed by atoms with Gasteiger partial charge in [-0.25, -0.2) is 9.36 Å². The second-order valence-corrected chi connectivity index (χ2v) is 6.89. The highest BCUT2D eigenvalue weighted by Gasteiger charge is 2.33. The number of phosphoric acid groups is 1. The minimum absolute atomic E-state index is 0.0176. The third-order valence-corrected chi connectivity index (χ3v) is 3.97. The Morgan fingerprint density at radius 2 is 1.61 bits per heavy atom. The highest BCUT2D eigenvalue weighted by Crippen LogP contribution is 2.41. The van der Waals surface area contributed by atoms with E-state index in [1.807, 2.05) is 0 Å². The van der Waals surface area contributed by atoms with Crippen LogP contribution in [0.2, 0.25) is 0 Å². The number of nitrogens with zero attached hydrogens (tertiary/aromatic N) is 2. The molecule has 0 unspecified atom stereocenters. The number of carbonyl (C=O) groups is 2. The van der Waals surface area contributed by atoms with E-state index in [-0.39, 0.29) is 18.0 Å². The molecule has 0 atom stereocenters. The van der Waals surface area contributed by atoms with Gasteiger partial charge in [0.05, 0.1) is 6.61 Å². The van der Waals surface area contributed by atoms with Crippen LogP contribution in [0, 0.1) is 0 Å². The number of benzene rings is 1. The Kier molecular flexibility index (Phi) is 6.03. The molecule has 0 aliphatic carbocycles. The number of amides is 1. The Bertz CT molecular complexity index is 944. The number of aromatic hydroxyl groups is 2. The minimum atomic E-state index is -4.77. The average molecular weight is 414 g/mol. The van der Waals surface area contributed by atoms with Crippen LogP contribution in [0.25, 0.3) is 5.69 Å². The maximum Gasteiger partial charge on any atom is 0.524 e. The maximum atomic E-state index is 12.5. The monoisotopic (exact) mass is 414 g/mol. The van der Waals surface area contributed by atoms with Crippen LogP contribution >= 0.6 is 7.82 Å². The van der Waals surface area contributed by atoms with Gasteiger partial charge < -0.3 is 24.4 Å². The molecule has 0 radical (unpaired) electrons. The van der Waals surface area contributed by atoms with Crippen LogP contribution in [-0.4, -0.2) is 62.0 Å². The molecule has 2 aromatic rings. The number of carbonyl (C=O) groups excluding carboxylic acids is 2. The highest BCUT2D eigenvalue weighted by molar-refractivity contribution is 7.46. The number of hydrogen-bond acceptors (Lipinski definition) is 7. The normalized spacial score (nSPS) is 11.2. The molecular formula is C16H19N2O9P. The fraction of sp³-hybridized carbons (Fsp3) is 0.250. The van der Waals surface area contributed by atoms with Crippen molar-refractivity contribution in [2.75, 3.05) is 20.7 Å². The van der Waals surface area contributed by atoms with Crippen molar-refractivity contribution >= 4 is 19.7 Å². The predicted octanol–water partition coefficient (Wildman–Crippen LogP) is 1.24. The SMILES string of the molecule is CCOC(=O)c1c(O)c(O)c(C(=O)N(C)C)n1-c1ccc(OP(=O)(O)O)cc1. The fourth-order valence-corrected chi connectivity index (χ4v) is 2.79. The van der Waals surface area contributed by atoms with Gasteiger partial charge in [0.1, 0.15) is 5.75 Å². The lowest BCUT2D eigenvalue weighted by atomic mass is 10.2. The van der Waals surface area contributed by atoms with Gasteiger partial charge in [-0.1, -0.05) is 0 Å². The van der Waals surface area contributed by atoms with Crippen molar-refractivity contribution in [2.24, 2.45) is 0 Å². The minimum Gasteiger partial charge on any atom is -0.503 e. The first kappa shape index (κ1) is 21.3. The summed E-state index contributed by atoms with van der Waals surface area (Å²) in [5.41, 5.74) is -0.746. The molecule has 0 bridgehead atoms. The van der Waals surface area contributed by atoms with Gasteiger partial charge >= 0.3 is 13.8 Å². The summed E-state index contributed by atoms with van der Waals surface area (Å²) in [6.45, 7) is 1.53. The topological polar surface area (TPSA) is 159 Å². The van der Waals surface area contributed by atoms with Crippen LogP contribution < -0.4 is 4.52 Å². The predicted molar refractivity (Wildman–Crippen MR) is 95.7 cm³/mol. The van der Waals surface area contributed by atoms with Crippen LogP contribution in [0.1, 0.15) is 27.9 Å². The molecular weight excluding hydrogens is 395 g/mol. The van der Waals surface area contributed by atoms with E-state index in [2.05, 4.69) is 4.52 Å². The van der Waals surface area contributed by atoms with E-state index in [0.29, 0.717) is 0 Å². The van der Waals surface area contributed by atoms with Crippen LogP contribution in [0.3, 0.4) is 0 Å². The molecule has 1 heterocycles. The van der Waals surface area contributed by atoms with E-state index < -0.39 is 42.6 Å². The molecule has 12 heteroatoms. The second kappa shape index (κ2) is 7.93. The van der Waals surface area contributed by atoms with Gasteiger partial charge in [0.15, 0.2) is 22.9 Å². The smallest absolute Gasteiger partial charge is 0.503 e. The molecule has 0 saturated carbocycles. The molecule has 0 saturated heterocycles. The quantitative estimate of drug-likeness (QED) is 0.403. The first-order valence-corrected chi connectivity index (χ1v) is 9.42. The molecule has 0 fully saturated rings.